The normalized spacial score (nSPS) is 10.5. The molecule has 4 heteroatoms. The molecule has 0 unspecified atom stereocenters. The van der Waals surface area contributed by atoms with E-state index in [2.05, 4.69) is 19.2 Å². The Hall–Kier alpha value is -1.55. The lowest BCUT2D eigenvalue weighted by molar-refractivity contribution is -0.116. The van der Waals surface area contributed by atoms with E-state index >= 15 is 0 Å². The Morgan fingerprint density at radius 3 is 2.72 bits per heavy atom. The van der Waals surface area contributed by atoms with Crippen LogP contribution < -0.4 is 15.8 Å². The van der Waals surface area contributed by atoms with Gasteiger partial charge in [0.25, 0.3) is 0 Å². The van der Waals surface area contributed by atoms with Crippen molar-refractivity contribution < 1.29 is 9.53 Å². The first-order valence-corrected chi connectivity index (χ1v) is 6.26. The first-order valence-electron chi connectivity index (χ1n) is 6.26. The Balaban J connectivity index is 2.64. The van der Waals surface area contributed by atoms with E-state index < -0.39 is 0 Å². The highest BCUT2D eigenvalue weighted by Gasteiger charge is 2.05. The maximum Gasteiger partial charge on any atom is 0.225 e. The van der Waals surface area contributed by atoms with E-state index in [1.807, 2.05) is 25.1 Å². The Bertz CT molecular complexity index is 403. The highest BCUT2D eigenvalue weighted by Crippen LogP contribution is 2.21. The summed E-state index contributed by atoms with van der Waals surface area (Å²) in [6.07, 6.45) is 0.338. The summed E-state index contributed by atoms with van der Waals surface area (Å²) < 4.78 is 5.62. The maximum absolute atomic E-state index is 11.4. The van der Waals surface area contributed by atoms with Gasteiger partial charge in [0, 0.05) is 18.7 Å². The van der Waals surface area contributed by atoms with Crippen LogP contribution in [-0.4, -0.2) is 19.1 Å². The van der Waals surface area contributed by atoms with Crippen LogP contribution in [0.2, 0.25) is 0 Å². The van der Waals surface area contributed by atoms with Gasteiger partial charge < -0.3 is 15.8 Å². The Kier molecular flexibility index (Phi) is 5.65. The van der Waals surface area contributed by atoms with E-state index in [1.165, 1.54) is 0 Å². The van der Waals surface area contributed by atoms with Crippen molar-refractivity contribution in [3.8, 4) is 5.75 Å². The molecule has 3 N–H and O–H groups in total. The number of benzene rings is 1. The van der Waals surface area contributed by atoms with Crippen LogP contribution in [0.15, 0.2) is 18.2 Å². The van der Waals surface area contributed by atoms with Crippen LogP contribution in [-0.2, 0) is 4.79 Å². The number of carbonyl (C=O) groups excluding carboxylic acids is 1. The van der Waals surface area contributed by atoms with Gasteiger partial charge >= 0.3 is 0 Å². The third kappa shape index (κ3) is 4.75. The third-order valence-corrected chi connectivity index (χ3v) is 2.43. The van der Waals surface area contributed by atoms with E-state index in [4.69, 9.17) is 10.5 Å². The second kappa shape index (κ2) is 7.01. The van der Waals surface area contributed by atoms with E-state index in [0.29, 0.717) is 25.5 Å². The summed E-state index contributed by atoms with van der Waals surface area (Å²) in [6, 6.07) is 5.66. The Morgan fingerprint density at radius 1 is 1.44 bits per heavy atom. The Labute approximate surface area is 109 Å². The zero-order chi connectivity index (χ0) is 13.5. The first kappa shape index (κ1) is 14.5. The molecule has 0 heterocycles. The standard InChI is InChI=1S/C14H22N2O2/c1-10(2)9-18-12-4-5-13(11(3)8-12)16-14(17)6-7-15/h4-5,8,10H,6-7,9,15H2,1-3H3,(H,16,17). The number of anilines is 1. The molecule has 0 bridgehead atoms. The summed E-state index contributed by atoms with van der Waals surface area (Å²) in [4.78, 5) is 11.4. The van der Waals surface area contributed by atoms with Crippen LogP contribution in [0.3, 0.4) is 0 Å². The molecule has 0 spiro atoms. The summed E-state index contributed by atoms with van der Waals surface area (Å²) >= 11 is 0. The highest BCUT2D eigenvalue weighted by molar-refractivity contribution is 5.91. The molecule has 0 radical (unpaired) electrons. The molecule has 0 aliphatic rings. The molecule has 1 amide bonds. The number of rotatable bonds is 6. The zero-order valence-corrected chi connectivity index (χ0v) is 11.3. The first-order chi connectivity index (χ1) is 8.52. The van der Waals surface area contributed by atoms with Crippen molar-refractivity contribution in [2.75, 3.05) is 18.5 Å². The average molecular weight is 250 g/mol. The fraction of sp³-hybridized carbons (Fsp3) is 0.500. The van der Waals surface area contributed by atoms with Crippen molar-refractivity contribution in [3.05, 3.63) is 23.8 Å². The van der Waals surface area contributed by atoms with Gasteiger partial charge in [0.1, 0.15) is 5.75 Å². The molecular weight excluding hydrogens is 228 g/mol. The van der Waals surface area contributed by atoms with Gasteiger partial charge in [-0.25, -0.2) is 0 Å². The smallest absolute Gasteiger partial charge is 0.225 e. The van der Waals surface area contributed by atoms with Crippen LogP contribution in [0.4, 0.5) is 5.69 Å². The summed E-state index contributed by atoms with van der Waals surface area (Å²) in [7, 11) is 0. The quantitative estimate of drug-likeness (QED) is 0.814. The number of hydrogen-bond donors (Lipinski definition) is 2. The topological polar surface area (TPSA) is 64.3 Å². The molecule has 1 aromatic rings. The molecule has 100 valence electrons. The fourth-order valence-electron chi connectivity index (χ4n) is 1.47. The summed E-state index contributed by atoms with van der Waals surface area (Å²) in [5, 5.41) is 2.83. The molecule has 4 nitrogen and oxygen atoms in total. The number of ether oxygens (including phenoxy) is 1. The van der Waals surface area contributed by atoms with Crippen LogP contribution in [0.5, 0.6) is 5.75 Å². The van der Waals surface area contributed by atoms with Crippen molar-refractivity contribution >= 4 is 11.6 Å². The van der Waals surface area contributed by atoms with Crippen molar-refractivity contribution in [2.45, 2.75) is 27.2 Å². The molecule has 0 aromatic heterocycles. The van der Waals surface area contributed by atoms with Gasteiger partial charge in [-0.05, 0) is 36.6 Å². The minimum Gasteiger partial charge on any atom is -0.493 e. The number of nitrogens with two attached hydrogens (primary N) is 1. The van der Waals surface area contributed by atoms with Gasteiger partial charge in [-0.2, -0.15) is 0 Å². The average Bonchev–Trinajstić information content (AvgIpc) is 2.30. The van der Waals surface area contributed by atoms with Crippen molar-refractivity contribution in [1.29, 1.82) is 0 Å². The SMILES string of the molecule is Cc1cc(OCC(C)C)ccc1NC(=O)CCN. The predicted molar refractivity (Wildman–Crippen MR) is 73.8 cm³/mol. The van der Waals surface area contributed by atoms with Crippen molar-refractivity contribution in [1.82, 2.24) is 0 Å². The molecule has 1 aromatic carbocycles. The molecule has 0 atom stereocenters. The van der Waals surface area contributed by atoms with Crippen LogP contribution in [0.1, 0.15) is 25.8 Å². The van der Waals surface area contributed by atoms with Gasteiger partial charge in [-0.3, -0.25) is 4.79 Å². The van der Waals surface area contributed by atoms with E-state index in [9.17, 15) is 4.79 Å². The molecule has 0 saturated heterocycles. The van der Waals surface area contributed by atoms with Gasteiger partial charge in [0.05, 0.1) is 6.61 Å². The monoisotopic (exact) mass is 250 g/mol. The lowest BCUT2D eigenvalue weighted by Crippen LogP contribution is -2.16. The molecular formula is C14H22N2O2. The fourth-order valence-corrected chi connectivity index (χ4v) is 1.47. The summed E-state index contributed by atoms with van der Waals surface area (Å²) in [6.45, 7) is 7.21. The maximum atomic E-state index is 11.4. The summed E-state index contributed by atoms with van der Waals surface area (Å²) in [5.74, 6) is 1.27. The number of hydrogen-bond acceptors (Lipinski definition) is 3. The van der Waals surface area contributed by atoms with Crippen molar-refractivity contribution in [2.24, 2.45) is 11.7 Å². The van der Waals surface area contributed by atoms with Crippen LogP contribution in [0.25, 0.3) is 0 Å². The minimum atomic E-state index is -0.0588. The van der Waals surface area contributed by atoms with E-state index in [0.717, 1.165) is 17.0 Å². The van der Waals surface area contributed by atoms with Crippen molar-refractivity contribution in [3.63, 3.8) is 0 Å². The van der Waals surface area contributed by atoms with Gasteiger partial charge in [-0.1, -0.05) is 13.8 Å². The number of carbonyl (C=O) groups is 1. The van der Waals surface area contributed by atoms with Crippen LogP contribution >= 0.6 is 0 Å². The lowest BCUT2D eigenvalue weighted by Gasteiger charge is -2.12. The zero-order valence-electron chi connectivity index (χ0n) is 11.3. The Morgan fingerprint density at radius 2 is 2.17 bits per heavy atom. The molecule has 0 aliphatic heterocycles. The molecule has 18 heavy (non-hydrogen) atoms. The lowest BCUT2D eigenvalue weighted by atomic mass is 10.2. The minimum absolute atomic E-state index is 0.0588. The second-order valence-electron chi connectivity index (χ2n) is 4.77. The summed E-state index contributed by atoms with van der Waals surface area (Å²) in [5.41, 5.74) is 7.13. The highest BCUT2D eigenvalue weighted by atomic mass is 16.5. The van der Waals surface area contributed by atoms with E-state index in [-0.39, 0.29) is 5.91 Å². The van der Waals surface area contributed by atoms with Gasteiger partial charge in [0.2, 0.25) is 5.91 Å². The van der Waals surface area contributed by atoms with Crippen LogP contribution in [0, 0.1) is 12.8 Å². The van der Waals surface area contributed by atoms with E-state index in [1.54, 1.807) is 0 Å². The number of nitrogens with one attached hydrogen (secondary N) is 1. The molecule has 0 aliphatic carbocycles. The third-order valence-electron chi connectivity index (χ3n) is 2.43. The molecule has 0 saturated carbocycles. The predicted octanol–water partition coefficient (Wildman–Crippen LogP) is 2.32. The number of amides is 1. The number of aryl methyl sites for hydroxylation is 1. The largest absolute Gasteiger partial charge is 0.493 e. The molecule has 1 rings (SSSR count). The molecule has 0 fully saturated rings. The van der Waals surface area contributed by atoms with Gasteiger partial charge in [-0.15, -0.1) is 0 Å². The van der Waals surface area contributed by atoms with Gasteiger partial charge in [0.15, 0.2) is 0 Å². The second-order valence-corrected chi connectivity index (χ2v) is 4.77.